The van der Waals surface area contributed by atoms with Gasteiger partial charge in [0.25, 0.3) is 5.91 Å². The van der Waals surface area contributed by atoms with Crippen molar-refractivity contribution in [2.75, 3.05) is 11.9 Å². The summed E-state index contributed by atoms with van der Waals surface area (Å²) in [5, 5.41) is 6.24. The number of esters is 1. The van der Waals surface area contributed by atoms with Gasteiger partial charge in [0, 0.05) is 11.6 Å². The Morgan fingerprint density at radius 3 is 2.57 bits per heavy atom. The Morgan fingerprint density at radius 2 is 1.95 bits per heavy atom. The maximum Gasteiger partial charge on any atom is 0.377 e. The highest BCUT2D eigenvalue weighted by atomic mass is 16.6. The van der Waals surface area contributed by atoms with Gasteiger partial charge in [0.15, 0.2) is 5.82 Å². The Kier molecular flexibility index (Phi) is 4.37. The molecule has 1 aromatic heterocycles. The number of hydrogen-bond acceptors (Lipinski definition) is 5. The standard InChI is InChI=1S/C15H16N2O4/c1-4-20-15(19)11-8-12(17-21-11)16-14(18)13-9(2)6-5-7-10(13)3/h5-8H,4H2,1-3H3,(H,16,17,18). The molecule has 1 aromatic carbocycles. The fourth-order valence-corrected chi connectivity index (χ4v) is 1.98. The summed E-state index contributed by atoms with van der Waals surface area (Å²) < 4.78 is 9.62. The Bertz CT molecular complexity index is 656. The summed E-state index contributed by atoms with van der Waals surface area (Å²) in [6.07, 6.45) is 0. The SMILES string of the molecule is CCOC(=O)c1cc(NC(=O)c2c(C)cccc2C)no1. The molecule has 6 nitrogen and oxygen atoms in total. The fourth-order valence-electron chi connectivity index (χ4n) is 1.98. The van der Waals surface area contributed by atoms with Gasteiger partial charge >= 0.3 is 5.97 Å². The Balaban J connectivity index is 2.15. The third-order valence-corrected chi connectivity index (χ3v) is 2.94. The second-order valence-corrected chi connectivity index (χ2v) is 4.52. The number of benzene rings is 1. The molecule has 0 aliphatic carbocycles. The first-order valence-electron chi connectivity index (χ1n) is 6.54. The number of aromatic nitrogens is 1. The lowest BCUT2D eigenvalue weighted by molar-refractivity contribution is 0.0479. The van der Waals surface area contributed by atoms with Crippen LogP contribution in [0.1, 0.15) is 39.0 Å². The van der Waals surface area contributed by atoms with E-state index in [2.05, 4.69) is 10.5 Å². The lowest BCUT2D eigenvalue weighted by atomic mass is 10.0. The minimum atomic E-state index is -0.613. The largest absolute Gasteiger partial charge is 0.460 e. The molecule has 0 atom stereocenters. The smallest absolute Gasteiger partial charge is 0.377 e. The van der Waals surface area contributed by atoms with Gasteiger partial charge in [0.2, 0.25) is 5.76 Å². The highest BCUT2D eigenvalue weighted by Crippen LogP contribution is 2.16. The first-order valence-corrected chi connectivity index (χ1v) is 6.54. The van der Waals surface area contributed by atoms with Crippen LogP contribution in [-0.4, -0.2) is 23.6 Å². The predicted molar refractivity (Wildman–Crippen MR) is 76.3 cm³/mol. The summed E-state index contributed by atoms with van der Waals surface area (Å²) in [4.78, 5) is 23.7. The molecule has 1 heterocycles. The van der Waals surface area contributed by atoms with E-state index in [1.54, 1.807) is 6.92 Å². The van der Waals surface area contributed by atoms with Crippen LogP contribution in [0.5, 0.6) is 0 Å². The molecule has 21 heavy (non-hydrogen) atoms. The van der Waals surface area contributed by atoms with Crippen molar-refractivity contribution in [3.05, 3.63) is 46.7 Å². The molecule has 2 aromatic rings. The molecule has 0 aliphatic heterocycles. The summed E-state index contributed by atoms with van der Waals surface area (Å²) in [5.74, 6) is -0.786. The molecule has 0 unspecified atom stereocenters. The van der Waals surface area contributed by atoms with Gasteiger partial charge < -0.3 is 14.6 Å². The zero-order valence-corrected chi connectivity index (χ0v) is 12.1. The van der Waals surface area contributed by atoms with E-state index in [1.807, 2.05) is 32.0 Å². The quantitative estimate of drug-likeness (QED) is 0.875. The van der Waals surface area contributed by atoms with Crippen LogP contribution in [0.2, 0.25) is 0 Å². The fraction of sp³-hybridized carbons (Fsp3) is 0.267. The van der Waals surface area contributed by atoms with Gasteiger partial charge in [-0.05, 0) is 31.9 Å². The minimum Gasteiger partial charge on any atom is -0.460 e. The molecule has 0 bridgehead atoms. The second kappa shape index (κ2) is 6.21. The van der Waals surface area contributed by atoms with Crippen molar-refractivity contribution in [2.45, 2.75) is 20.8 Å². The van der Waals surface area contributed by atoms with E-state index in [1.165, 1.54) is 6.07 Å². The summed E-state index contributed by atoms with van der Waals surface area (Å²) in [6, 6.07) is 6.93. The first kappa shape index (κ1) is 14.8. The van der Waals surface area contributed by atoms with E-state index < -0.39 is 5.97 Å². The van der Waals surface area contributed by atoms with Crippen molar-refractivity contribution in [1.29, 1.82) is 0 Å². The number of nitrogens with one attached hydrogen (secondary N) is 1. The number of rotatable bonds is 4. The Hall–Kier alpha value is -2.63. The number of hydrogen-bond donors (Lipinski definition) is 1. The number of carbonyl (C=O) groups excluding carboxylic acids is 2. The molecule has 6 heteroatoms. The number of nitrogens with zero attached hydrogens (tertiary/aromatic N) is 1. The van der Waals surface area contributed by atoms with Gasteiger partial charge in [-0.2, -0.15) is 0 Å². The number of carbonyl (C=O) groups is 2. The van der Waals surface area contributed by atoms with Crippen molar-refractivity contribution in [2.24, 2.45) is 0 Å². The van der Waals surface area contributed by atoms with Crippen LogP contribution in [0, 0.1) is 13.8 Å². The second-order valence-electron chi connectivity index (χ2n) is 4.52. The summed E-state index contributed by atoms with van der Waals surface area (Å²) in [7, 11) is 0. The van der Waals surface area contributed by atoms with E-state index in [-0.39, 0.29) is 24.1 Å². The van der Waals surface area contributed by atoms with E-state index in [0.29, 0.717) is 5.56 Å². The Morgan fingerprint density at radius 1 is 1.29 bits per heavy atom. The van der Waals surface area contributed by atoms with Gasteiger partial charge in [0.1, 0.15) is 0 Å². The molecule has 1 amide bonds. The van der Waals surface area contributed by atoms with Gasteiger partial charge in [-0.15, -0.1) is 0 Å². The maximum absolute atomic E-state index is 12.3. The van der Waals surface area contributed by atoms with Crippen LogP contribution in [0.25, 0.3) is 0 Å². The van der Waals surface area contributed by atoms with Crippen molar-refractivity contribution in [1.82, 2.24) is 5.16 Å². The molecule has 110 valence electrons. The van der Waals surface area contributed by atoms with Gasteiger partial charge in [-0.1, -0.05) is 23.4 Å². The summed E-state index contributed by atoms with van der Waals surface area (Å²) >= 11 is 0. The van der Waals surface area contributed by atoms with Crippen molar-refractivity contribution < 1.29 is 18.8 Å². The highest BCUT2D eigenvalue weighted by Gasteiger charge is 2.17. The third kappa shape index (κ3) is 3.28. The van der Waals surface area contributed by atoms with Crippen LogP contribution in [0.15, 0.2) is 28.8 Å². The zero-order valence-electron chi connectivity index (χ0n) is 12.1. The van der Waals surface area contributed by atoms with E-state index in [4.69, 9.17) is 9.26 Å². The van der Waals surface area contributed by atoms with Gasteiger partial charge in [-0.3, -0.25) is 4.79 Å². The molecule has 0 spiro atoms. The van der Waals surface area contributed by atoms with Crippen LogP contribution >= 0.6 is 0 Å². The van der Waals surface area contributed by atoms with Gasteiger partial charge in [-0.25, -0.2) is 4.79 Å². The van der Waals surface area contributed by atoms with E-state index in [9.17, 15) is 9.59 Å². The normalized spacial score (nSPS) is 10.2. The third-order valence-electron chi connectivity index (χ3n) is 2.94. The van der Waals surface area contributed by atoms with Crippen molar-refractivity contribution >= 4 is 17.7 Å². The topological polar surface area (TPSA) is 81.4 Å². The number of aryl methyl sites for hydroxylation is 2. The molecule has 0 fully saturated rings. The van der Waals surface area contributed by atoms with Crippen LogP contribution in [0.4, 0.5) is 5.82 Å². The predicted octanol–water partition coefficient (Wildman–Crippen LogP) is 2.72. The molecular weight excluding hydrogens is 272 g/mol. The average Bonchev–Trinajstić information content (AvgIpc) is 2.87. The van der Waals surface area contributed by atoms with E-state index in [0.717, 1.165) is 11.1 Å². The van der Waals surface area contributed by atoms with Crippen LogP contribution in [0.3, 0.4) is 0 Å². The monoisotopic (exact) mass is 288 g/mol. The molecule has 1 N–H and O–H groups in total. The molecule has 0 saturated carbocycles. The number of ether oxygens (including phenoxy) is 1. The summed E-state index contributed by atoms with van der Waals surface area (Å²) in [6.45, 7) is 5.64. The molecule has 0 radical (unpaired) electrons. The molecule has 0 aliphatic rings. The van der Waals surface area contributed by atoms with Crippen LogP contribution < -0.4 is 5.32 Å². The molecule has 2 rings (SSSR count). The van der Waals surface area contributed by atoms with Crippen molar-refractivity contribution in [3.63, 3.8) is 0 Å². The lowest BCUT2D eigenvalue weighted by Crippen LogP contribution is -2.15. The highest BCUT2D eigenvalue weighted by molar-refractivity contribution is 6.06. The number of amides is 1. The minimum absolute atomic E-state index is 0.0475. The lowest BCUT2D eigenvalue weighted by Gasteiger charge is -2.08. The van der Waals surface area contributed by atoms with E-state index >= 15 is 0 Å². The maximum atomic E-state index is 12.3. The van der Waals surface area contributed by atoms with Crippen LogP contribution in [-0.2, 0) is 4.74 Å². The summed E-state index contributed by atoms with van der Waals surface area (Å²) in [5.41, 5.74) is 2.31. The zero-order chi connectivity index (χ0) is 15.4. The molecular formula is C15H16N2O4. The van der Waals surface area contributed by atoms with Gasteiger partial charge in [0.05, 0.1) is 6.61 Å². The average molecular weight is 288 g/mol. The molecule has 0 saturated heterocycles. The first-order chi connectivity index (χ1) is 10.0. The number of anilines is 1. The van der Waals surface area contributed by atoms with Crippen molar-refractivity contribution in [3.8, 4) is 0 Å². The Labute approximate surface area is 122 Å².